The number of thiophene rings is 4. The molecular formula is C47H56S4. The van der Waals surface area contributed by atoms with Crippen LogP contribution in [0.3, 0.4) is 0 Å². The first-order chi connectivity index (χ1) is 25.1. The Hall–Kier alpha value is -2.50. The minimum atomic E-state index is 0.130. The summed E-state index contributed by atoms with van der Waals surface area (Å²) in [5.41, 5.74) is 10.8. The van der Waals surface area contributed by atoms with Gasteiger partial charge in [0.15, 0.2) is 0 Å². The molecule has 4 heterocycles. The summed E-state index contributed by atoms with van der Waals surface area (Å²) >= 11 is 8.01. The highest BCUT2D eigenvalue weighted by Gasteiger charge is 2.42. The van der Waals surface area contributed by atoms with Gasteiger partial charge in [-0.1, -0.05) is 128 Å². The third kappa shape index (κ3) is 7.63. The molecule has 0 saturated carbocycles. The van der Waals surface area contributed by atoms with E-state index in [0.717, 1.165) is 0 Å². The standard InChI is InChI=1S/C47H56S4/c1-5-9-13-15-19-33-25-28-48-45(33)43-31-41-42(49-43)32-44(50-41)46-35(20-16-14-10-6-2)30-40(51-46)34-23-24-37-36-21-17-18-22-38(36)47(26-11-7-3,27-12-8-4)39(37)29-34/h17-18,21-25,28-32H,5-16,19-20,26-27H2,1-4H3. The number of rotatable bonds is 19. The van der Waals surface area contributed by atoms with E-state index >= 15 is 0 Å². The van der Waals surface area contributed by atoms with Gasteiger partial charge >= 0.3 is 0 Å². The molecule has 0 aliphatic heterocycles. The molecule has 7 rings (SSSR count). The van der Waals surface area contributed by atoms with E-state index in [9.17, 15) is 0 Å². The molecule has 0 spiro atoms. The van der Waals surface area contributed by atoms with Crippen molar-refractivity contribution in [3.05, 3.63) is 94.4 Å². The van der Waals surface area contributed by atoms with Gasteiger partial charge in [0.1, 0.15) is 0 Å². The van der Waals surface area contributed by atoms with Gasteiger partial charge in [0.2, 0.25) is 0 Å². The minimum Gasteiger partial charge on any atom is -0.143 e. The van der Waals surface area contributed by atoms with Gasteiger partial charge < -0.3 is 0 Å². The zero-order valence-electron chi connectivity index (χ0n) is 31.4. The van der Waals surface area contributed by atoms with Crippen molar-refractivity contribution in [1.29, 1.82) is 0 Å². The van der Waals surface area contributed by atoms with Crippen LogP contribution in [0.15, 0.2) is 72.1 Å². The van der Waals surface area contributed by atoms with Gasteiger partial charge in [0.25, 0.3) is 0 Å². The lowest BCUT2D eigenvalue weighted by molar-refractivity contribution is 0.414. The summed E-state index contributed by atoms with van der Waals surface area (Å²) in [5.74, 6) is 0. The van der Waals surface area contributed by atoms with Gasteiger partial charge in [-0.25, -0.2) is 0 Å². The zero-order chi connectivity index (χ0) is 35.2. The smallest absolute Gasteiger partial charge is 0.0481 e. The zero-order valence-corrected chi connectivity index (χ0v) is 34.6. The molecule has 0 fully saturated rings. The van der Waals surface area contributed by atoms with Crippen LogP contribution in [0.5, 0.6) is 0 Å². The average Bonchev–Trinajstić information content (AvgIpc) is 3.98. The molecule has 1 aliphatic carbocycles. The Morgan fingerprint density at radius 2 is 1.12 bits per heavy atom. The van der Waals surface area contributed by atoms with Crippen molar-refractivity contribution in [3.8, 4) is 41.1 Å². The highest BCUT2D eigenvalue weighted by atomic mass is 32.1. The van der Waals surface area contributed by atoms with Crippen molar-refractivity contribution in [2.75, 3.05) is 0 Å². The molecule has 0 N–H and O–H groups in total. The fraction of sp³-hybridized carbons (Fsp3) is 0.447. The number of fused-ring (bicyclic) bond motifs is 4. The van der Waals surface area contributed by atoms with Gasteiger partial charge in [0.05, 0.1) is 0 Å². The maximum Gasteiger partial charge on any atom is 0.0481 e. The summed E-state index contributed by atoms with van der Waals surface area (Å²) in [7, 11) is 0. The second-order valence-corrected chi connectivity index (χ2v) is 19.0. The van der Waals surface area contributed by atoms with Crippen LogP contribution in [0, 0.1) is 0 Å². The summed E-state index contributed by atoms with van der Waals surface area (Å²) in [6, 6.07) is 26.8. The van der Waals surface area contributed by atoms with Crippen molar-refractivity contribution in [1.82, 2.24) is 0 Å². The van der Waals surface area contributed by atoms with Crippen molar-refractivity contribution in [2.45, 2.75) is 136 Å². The monoisotopic (exact) mass is 748 g/mol. The maximum absolute atomic E-state index is 2.62. The highest BCUT2D eigenvalue weighted by molar-refractivity contribution is 7.33. The summed E-state index contributed by atoms with van der Waals surface area (Å²) in [6.07, 6.45) is 20.4. The van der Waals surface area contributed by atoms with Gasteiger partial charge in [-0.3, -0.25) is 0 Å². The number of hydrogen-bond donors (Lipinski definition) is 0. The van der Waals surface area contributed by atoms with Gasteiger partial charge in [0, 0.05) is 39.2 Å². The summed E-state index contributed by atoms with van der Waals surface area (Å²) < 4.78 is 2.91. The molecule has 0 radical (unpaired) electrons. The molecule has 1 aliphatic rings. The van der Waals surface area contributed by atoms with E-state index in [1.165, 1.54) is 153 Å². The lowest BCUT2D eigenvalue weighted by Gasteiger charge is -2.33. The number of hydrogen-bond acceptors (Lipinski definition) is 4. The first-order valence-corrected chi connectivity index (χ1v) is 23.4. The van der Waals surface area contributed by atoms with Crippen LogP contribution in [-0.2, 0) is 18.3 Å². The Balaban J connectivity index is 1.23. The van der Waals surface area contributed by atoms with Gasteiger partial charge in [-0.2, -0.15) is 0 Å². The van der Waals surface area contributed by atoms with Crippen molar-refractivity contribution in [3.63, 3.8) is 0 Å². The lowest BCUT2D eigenvalue weighted by atomic mass is 9.70. The number of unbranched alkanes of at least 4 members (excludes halogenated alkanes) is 8. The molecule has 0 saturated heterocycles. The quantitative estimate of drug-likeness (QED) is 0.0724. The Morgan fingerprint density at radius 1 is 0.490 bits per heavy atom. The van der Waals surface area contributed by atoms with Crippen LogP contribution >= 0.6 is 45.3 Å². The maximum atomic E-state index is 2.62. The molecule has 0 amide bonds. The predicted octanol–water partition coefficient (Wildman–Crippen LogP) is 17.0. The SMILES string of the molecule is CCCCCCc1ccsc1-c1cc2sc(-c3sc(-c4ccc5c(c4)C(CCCC)(CCCC)c4ccccc4-5)cc3CCCCCC)cc2s1. The van der Waals surface area contributed by atoms with E-state index in [1.807, 2.05) is 45.3 Å². The van der Waals surface area contributed by atoms with Crippen LogP contribution in [0.4, 0.5) is 0 Å². The minimum absolute atomic E-state index is 0.130. The summed E-state index contributed by atoms with van der Waals surface area (Å²) in [5, 5.41) is 2.30. The van der Waals surface area contributed by atoms with Crippen LogP contribution < -0.4 is 0 Å². The van der Waals surface area contributed by atoms with Crippen LogP contribution in [0.2, 0.25) is 0 Å². The molecule has 0 atom stereocenters. The fourth-order valence-electron chi connectivity index (χ4n) is 8.49. The number of aryl methyl sites for hydroxylation is 2. The molecule has 4 heteroatoms. The predicted molar refractivity (Wildman–Crippen MR) is 233 cm³/mol. The summed E-state index contributed by atoms with van der Waals surface area (Å²) in [4.78, 5) is 7.38. The topological polar surface area (TPSA) is 0 Å². The second kappa shape index (κ2) is 17.1. The number of benzene rings is 2. The first-order valence-electron chi connectivity index (χ1n) is 20.1. The normalized spacial score (nSPS) is 13.3. The molecule has 0 nitrogen and oxygen atoms in total. The Labute approximate surface area is 324 Å². The third-order valence-electron chi connectivity index (χ3n) is 11.3. The largest absolute Gasteiger partial charge is 0.143 e. The van der Waals surface area contributed by atoms with Crippen LogP contribution in [-0.4, -0.2) is 0 Å². The van der Waals surface area contributed by atoms with Crippen molar-refractivity contribution < 1.29 is 0 Å². The molecular weight excluding hydrogens is 693 g/mol. The second-order valence-electron chi connectivity index (χ2n) is 14.9. The van der Waals surface area contributed by atoms with E-state index in [0.29, 0.717) is 0 Å². The third-order valence-corrected chi connectivity index (χ3v) is 16.1. The van der Waals surface area contributed by atoms with E-state index < -0.39 is 0 Å². The van der Waals surface area contributed by atoms with Crippen LogP contribution in [0.1, 0.15) is 140 Å². The van der Waals surface area contributed by atoms with Crippen molar-refractivity contribution >= 4 is 54.7 Å². The van der Waals surface area contributed by atoms with E-state index in [4.69, 9.17) is 0 Å². The first kappa shape index (κ1) is 36.8. The molecule has 268 valence electrons. The Kier molecular flexibility index (Phi) is 12.4. The average molecular weight is 749 g/mol. The van der Waals surface area contributed by atoms with Crippen LogP contribution in [0.25, 0.3) is 50.5 Å². The van der Waals surface area contributed by atoms with Crippen molar-refractivity contribution in [2.24, 2.45) is 0 Å². The highest BCUT2D eigenvalue weighted by Crippen LogP contribution is 2.55. The Morgan fingerprint density at radius 3 is 1.80 bits per heavy atom. The van der Waals surface area contributed by atoms with E-state index in [-0.39, 0.29) is 5.41 Å². The summed E-state index contributed by atoms with van der Waals surface area (Å²) in [6.45, 7) is 9.32. The lowest BCUT2D eigenvalue weighted by Crippen LogP contribution is -2.25. The molecule has 0 bridgehead atoms. The van der Waals surface area contributed by atoms with E-state index in [2.05, 4.69) is 99.8 Å². The molecule has 0 unspecified atom stereocenters. The van der Waals surface area contributed by atoms with E-state index in [1.54, 1.807) is 22.3 Å². The molecule has 2 aromatic carbocycles. The van der Waals surface area contributed by atoms with Gasteiger partial charge in [-0.05, 0) is 113 Å². The molecule has 6 aromatic rings. The molecule has 4 aromatic heterocycles. The fourth-order valence-corrected chi connectivity index (χ4v) is 13.3. The Bertz CT molecular complexity index is 1990. The van der Waals surface area contributed by atoms with Gasteiger partial charge in [-0.15, -0.1) is 45.3 Å². The molecule has 51 heavy (non-hydrogen) atoms.